The number of nitrogens with two attached hydrogens (primary N) is 1. The summed E-state index contributed by atoms with van der Waals surface area (Å²) in [7, 11) is -4.53. The number of carboxylic acids is 1. The maximum absolute atomic E-state index is 13.2. The molecule has 0 unspecified atom stereocenters. The number of sulfonamides is 1. The molecule has 1 aliphatic carbocycles. The Morgan fingerprint density at radius 3 is 2.56 bits per heavy atom. The highest BCUT2D eigenvalue weighted by atomic mass is 32.2. The first-order valence-corrected chi connectivity index (χ1v) is 9.22. The maximum Gasteiger partial charge on any atom is 0.417 e. The fourth-order valence-corrected chi connectivity index (χ4v) is 4.76. The van der Waals surface area contributed by atoms with Crippen LogP contribution in [0.3, 0.4) is 0 Å². The molecular weight excluding hydrogens is 361 g/mol. The number of nitrogens with zero attached hydrogens (tertiary/aromatic N) is 1. The second kappa shape index (κ2) is 5.60. The van der Waals surface area contributed by atoms with E-state index in [1.54, 1.807) is 4.90 Å². The minimum atomic E-state index is -4.89. The zero-order valence-electron chi connectivity index (χ0n) is 13.1. The highest BCUT2D eigenvalue weighted by Crippen LogP contribution is 2.50. The van der Waals surface area contributed by atoms with Crippen LogP contribution in [-0.4, -0.2) is 32.6 Å². The topological polar surface area (TPSA) is 101 Å². The number of primary sulfonamides is 1. The van der Waals surface area contributed by atoms with E-state index in [2.05, 4.69) is 0 Å². The van der Waals surface area contributed by atoms with Crippen molar-refractivity contribution < 1.29 is 31.5 Å². The van der Waals surface area contributed by atoms with Gasteiger partial charge < -0.3 is 10.0 Å². The lowest BCUT2D eigenvalue weighted by molar-refractivity contribution is -0.149. The summed E-state index contributed by atoms with van der Waals surface area (Å²) in [5.74, 6) is -1.06. The second-order valence-corrected chi connectivity index (χ2v) is 8.18. The molecule has 138 valence electrons. The van der Waals surface area contributed by atoms with Crippen molar-refractivity contribution >= 4 is 21.7 Å². The van der Waals surface area contributed by atoms with Gasteiger partial charge in [0.25, 0.3) is 0 Å². The molecule has 0 spiro atoms. The van der Waals surface area contributed by atoms with E-state index >= 15 is 0 Å². The molecule has 2 atom stereocenters. The Labute approximate surface area is 142 Å². The Kier molecular flexibility index (Phi) is 4.03. The lowest BCUT2D eigenvalue weighted by Gasteiger charge is -2.25. The molecule has 0 bridgehead atoms. The zero-order valence-corrected chi connectivity index (χ0v) is 13.9. The van der Waals surface area contributed by atoms with Gasteiger partial charge >= 0.3 is 12.1 Å². The van der Waals surface area contributed by atoms with E-state index in [-0.39, 0.29) is 18.2 Å². The summed E-state index contributed by atoms with van der Waals surface area (Å²) in [6.45, 7) is 0.442. The smallest absolute Gasteiger partial charge is 0.417 e. The summed E-state index contributed by atoms with van der Waals surface area (Å²) >= 11 is 0. The Bertz CT molecular complexity index is 825. The predicted molar refractivity (Wildman–Crippen MR) is 82.4 cm³/mol. The third-order valence-electron chi connectivity index (χ3n) is 5.24. The minimum Gasteiger partial charge on any atom is -0.481 e. The van der Waals surface area contributed by atoms with Gasteiger partial charge in [-0.15, -0.1) is 0 Å². The molecule has 0 aromatic heterocycles. The van der Waals surface area contributed by atoms with Crippen LogP contribution in [0, 0.1) is 11.3 Å². The van der Waals surface area contributed by atoms with Crippen molar-refractivity contribution in [2.45, 2.75) is 30.3 Å². The Balaban J connectivity index is 2.01. The van der Waals surface area contributed by atoms with Gasteiger partial charge in [-0.05, 0) is 37.0 Å². The van der Waals surface area contributed by atoms with Crippen molar-refractivity contribution in [3.63, 3.8) is 0 Å². The summed E-state index contributed by atoms with van der Waals surface area (Å²) in [6, 6.07) is 2.80. The van der Waals surface area contributed by atoms with Gasteiger partial charge in [-0.1, -0.05) is 6.42 Å². The molecule has 2 fully saturated rings. The van der Waals surface area contributed by atoms with Gasteiger partial charge in [0.2, 0.25) is 10.0 Å². The maximum atomic E-state index is 13.2. The van der Waals surface area contributed by atoms with Crippen LogP contribution in [0.5, 0.6) is 0 Å². The zero-order chi connectivity index (χ0) is 18.6. The molecule has 6 nitrogen and oxygen atoms in total. The molecule has 1 saturated carbocycles. The lowest BCUT2D eigenvalue weighted by Crippen LogP contribution is -2.35. The first-order chi connectivity index (χ1) is 11.4. The summed E-state index contributed by atoms with van der Waals surface area (Å²) in [6.07, 6.45) is -2.91. The molecule has 0 amide bonds. The molecule has 10 heteroatoms. The fraction of sp³-hybridized carbons (Fsp3) is 0.533. The van der Waals surface area contributed by atoms with Crippen LogP contribution in [0.15, 0.2) is 23.1 Å². The van der Waals surface area contributed by atoms with E-state index in [4.69, 9.17) is 5.14 Å². The Morgan fingerprint density at radius 2 is 2.04 bits per heavy atom. The van der Waals surface area contributed by atoms with Crippen molar-refractivity contribution in [1.82, 2.24) is 0 Å². The van der Waals surface area contributed by atoms with Crippen molar-refractivity contribution in [2.75, 3.05) is 18.0 Å². The van der Waals surface area contributed by atoms with Crippen LogP contribution in [-0.2, 0) is 21.0 Å². The highest BCUT2D eigenvalue weighted by Gasteiger charge is 2.55. The Morgan fingerprint density at radius 1 is 1.36 bits per heavy atom. The largest absolute Gasteiger partial charge is 0.481 e. The molecule has 1 saturated heterocycles. The van der Waals surface area contributed by atoms with Crippen LogP contribution in [0.1, 0.15) is 24.8 Å². The van der Waals surface area contributed by atoms with E-state index in [1.165, 1.54) is 6.07 Å². The summed E-state index contributed by atoms with van der Waals surface area (Å²) in [5.41, 5.74) is -2.14. The van der Waals surface area contributed by atoms with E-state index < -0.39 is 38.0 Å². The van der Waals surface area contributed by atoms with Crippen molar-refractivity contribution in [2.24, 2.45) is 16.5 Å². The fourth-order valence-electron chi connectivity index (χ4n) is 4.02. The molecule has 25 heavy (non-hydrogen) atoms. The van der Waals surface area contributed by atoms with Gasteiger partial charge in [-0.25, -0.2) is 13.6 Å². The average molecular weight is 378 g/mol. The number of anilines is 1. The molecule has 3 N–H and O–H groups in total. The number of alkyl halides is 3. The number of rotatable bonds is 3. The highest BCUT2D eigenvalue weighted by molar-refractivity contribution is 7.89. The number of halogens is 3. The van der Waals surface area contributed by atoms with Gasteiger partial charge in [-0.3, -0.25) is 4.79 Å². The van der Waals surface area contributed by atoms with Crippen LogP contribution in [0.2, 0.25) is 0 Å². The minimum absolute atomic E-state index is 0.110. The van der Waals surface area contributed by atoms with Gasteiger partial charge in [0, 0.05) is 18.8 Å². The van der Waals surface area contributed by atoms with Crippen LogP contribution in [0.4, 0.5) is 18.9 Å². The second-order valence-electron chi connectivity index (χ2n) is 6.65. The third-order valence-corrected chi connectivity index (χ3v) is 6.21. The quantitative estimate of drug-likeness (QED) is 0.838. The van der Waals surface area contributed by atoms with Crippen LogP contribution >= 0.6 is 0 Å². The van der Waals surface area contributed by atoms with Crippen LogP contribution in [0.25, 0.3) is 0 Å². The SMILES string of the molecule is NS(=O)(=O)c1ccc(N2C[C@@H]3CCC[C@@]3(C(=O)O)C2)cc1C(F)(F)F. The van der Waals surface area contributed by atoms with E-state index in [9.17, 15) is 31.5 Å². The number of fused-ring (bicyclic) bond motifs is 1. The van der Waals surface area contributed by atoms with E-state index in [1.807, 2.05) is 0 Å². The number of aliphatic carboxylic acids is 1. The normalized spacial score (nSPS) is 26.7. The molecule has 3 rings (SSSR count). The van der Waals surface area contributed by atoms with Gasteiger partial charge in [0.05, 0.1) is 15.9 Å². The van der Waals surface area contributed by atoms with Gasteiger partial charge in [0.1, 0.15) is 0 Å². The van der Waals surface area contributed by atoms with Crippen LogP contribution < -0.4 is 10.0 Å². The summed E-state index contributed by atoms with van der Waals surface area (Å²) in [4.78, 5) is 12.3. The first kappa shape index (κ1) is 18.0. The molecular formula is C15H17F3N2O4S. The van der Waals surface area contributed by atoms with E-state index in [0.717, 1.165) is 18.6 Å². The number of carbonyl (C=O) groups is 1. The van der Waals surface area contributed by atoms with Crippen molar-refractivity contribution in [1.29, 1.82) is 0 Å². The standard InChI is InChI=1S/C15H17F3N2O4S/c16-15(17,18)11-6-10(3-4-12(11)25(19,23)24)20-7-9-2-1-5-14(9,8-20)13(21)22/h3-4,6,9H,1-2,5,7-8H2,(H,21,22)(H2,19,23,24)/t9-,14+/m0/s1. The number of benzene rings is 1. The van der Waals surface area contributed by atoms with Crippen molar-refractivity contribution in [3.8, 4) is 0 Å². The molecule has 2 aliphatic rings. The monoisotopic (exact) mass is 378 g/mol. The average Bonchev–Trinajstić information content (AvgIpc) is 3.02. The molecule has 1 aliphatic heterocycles. The van der Waals surface area contributed by atoms with E-state index in [0.29, 0.717) is 19.4 Å². The summed E-state index contributed by atoms with van der Waals surface area (Å²) in [5, 5.41) is 14.4. The molecule has 1 heterocycles. The lowest BCUT2D eigenvalue weighted by atomic mass is 9.81. The number of hydrogen-bond donors (Lipinski definition) is 2. The third kappa shape index (κ3) is 2.97. The number of hydrogen-bond acceptors (Lipinski definition) is 4. The summed E-state index contributed by atoms with van der Waals surface area (Å²) < 4.78 is 62.6. The van der Waals surface area contributed by atoms with Crippen molar-refractivity contribution in [3.05, 3.63) is 23.8 Å². The first-order valence-electron chi connectivity index (χ1n) is 7.67. The number of carboxylic acid groups (broad SMARTS) is 1. The van der Waals surface area contributed by atoms with Gasteiger partial charge in [0.15, 0.2) is 0 Å². The molecule has 1 aromatic carbocycles. The van der Waals surface area contributed by atoms with Gasteiger partial charge in [-0.2, -0.15) is 13.2 Å². The predicted octanol–water partition coefficient (Wildman–Crippen LogP) is 2.04. The molecule has 1 aromatic rings. The molecule has 0 radical (unpaired) electrons. The Hall–Kier alpha value is -1.81.